The molecule has 0 aliphatic carbocycles. The van der Waals surface area contributed by atoms with Crippen LogP contribution in [0, 0.1) is 0 Å². The molecule has 0 unspecified atom stereocenters. The predicted octanol–water partition coefficient (Wildman–Crippen LogP) is 1.80. The Hall–Kier alpha value is -2.37. The maximum Gasteiger partial charge on any atom is 0.306 e. The summed E-state index contributed by atoms with van der Waals surface area (Å²) in [6.45, 7) is 2.31. The number of furan rings is 1. The highest BCUT2D eigenvalue weighted by Gasteiger charge is 2.35. The van der Waals surface area contributed by atoms with Gasteiger partial charge in [0, 0.05) is 13.1 Å². The van der Waals surface area contributed by atoms with Gasteiger partial charge < -0.3 is 19.6 Å². The van der Waals surface area contributed by atoms with E-state index in [0.29, 0.717) is 18.1 Å². The highest BCUT2D eigenvalue weighted by Crippen LogP contribution is 2.32. The number of hydrogen-bond acceptors (Lipinski definition) is 5. The van der Waals surface area contributed by atoms with Gasteiger partial charge in [-0.05, 0) is 18.2 Å². The van der Waals surface area contributed by atoms with Gasteiger partial charge in [0.15, 0.2) is 5.76 Å². The Morgan fingerprint density at radius 2 is 2.06 bits per heavy atom. The number of nitrogen functional groups attached to an aromatic ring is 1. The zero-order valence-corrected chi connectivity index (χ0v) is 9.87. The Morgan fingerprint density at radius 1 is 1.28 bits per heavy atom. The van der Waals surface area contributed by atoms with Crippen molar-refractivity contribution >= 4 is 5.82 Å². The first-order valence-electron chi connectivity index (χ1n) is 5.54. The van der Waals surface area contributed by atoms with E-state index in [2.05, 4.69) is 5.10 Å². The van der Waals surface area contributed by atoms with Crippen LogP contribution >= 0.6 is 0 Å². The second-order valence-electron chi connectivity index (χ2n) is 4.16. The van der Waals surface area contributed by atoms with E-state index in [9.17, 15) is 0 Å². The molecule has 1 aliphatic heterocycles. The van der Waals surface area contributed by atoms with E-state index in [1.165, 1.54) is 12.5 Å². The molecule has 6 nitrogen and oxygen atoms in total. The number of anilines is 1. The van der Waals surface area contributed by atoms with Crippen LogP contribution in [0.3, 0.4) is 0 Å². The summed E-state index contributed by atoms with van der Waals surface area (Å²) < 4.78 is 18.1. The zero-order chi connectivity index (χ0) is 12.6. The Bertz CT molecular complexity index is 577. The summed E-state index contributed by atoms with van der Waals surface area (Å²) in [6.07, 6.45) is 4.79. The fourth-order valence-electron chi connectivity index (χ4n) is 1.79. The number of aromatic nitrogens is 2. The second kappa shape index (κ2) is 3.83. The number of ether oxygens (including phenoxy) is 2. The monoisotopic (exact) mass is 247 g/mol. The molecular formula is C12H13N3O3. The van der Waals surface area contributed by atoms with Gasteiger partial charge in [0.1, 0.15) is 24.1 Å². The molecule has 3 heterocycles. The Labute approximate surface area is 104 Å². The molecule has 0 atom stereocenters. The molecule has 0 bridgehead atoms. The minimum absolute atomic E-state index is 0.486. The van der Waals surface area contributed by atoms with E-state index in [4.69, 9.17) is 19.6 Å². The molecule has 0 spiro atoms. The predicted molar refractivity (Wildman–Crippen MR) is 63.1 cm³/mol. The molecule has 0 aromatic carbocycles. The van der Waals surface area contributed by atoms with Gasteiger partial charge in [-0.3, -0.25) is 4.68 Å². The van der Waals surface area contributed by atoms with Crippen molar-refractivity contribution in [1.82, 2.24) is 9.78 Å². The second-order valence-corrected chi connectivity index (χ2v) is 4.16. The van der Waals surface area contributed by atoms with Crippen LogP contribution in [0.15, 0.2) is 41.3 Å². The number of nitrogens with zero attached hydrogens (tertiary/aromatic N) is 2. The summed E-state index contributed by atoms with van der Waals surface area (Å²) in [7, 11) is 0. The molecule has 94 valence electrons. The Balaban J connectivity index is 1.77. The highest BCUT2D eigenvalue weighted by atomic mass is 16.7. The summed E-state index contributed by atoms with van der Waals surface area (Å²) in [5, 5.41) is 4.09. The quantitative estimate of drug-likeness (QED) is 0.895. The third kappa shape index (κ3) is 1.81. The third-order valence-corrected chi connectivity index (χ3v) is 2.73. The summed E-state index contributed by atoms with van der Waals surface area (Å²) in [5.74, 6) is 0.984. The highest BCUT2D eigenvalue weighted by molar-refractivity contribution is 5.24. The first kappa shape index (κ1) is 10.8. The van der Waals surface area contributed by atoms with Gasteiger partial charge in [0.2, 0.25) is 0 Å². The lowest BCUT2D eigenvalue weighted by atomic mass is 10.2. The third-order valence-electron chi connectivity index (χ3n) is 2.73. The van der Waals surface area contributed by atoms with Crippen molar-refractivity contribution in [2.75, 3.05) is 5.73 Å². The smallest absolute Gasteiger partial charge is 0.306 e. The number of hydrogen-bond donors (Lipinski definition) is 1. The van der Waals surface area contributed by atoms with Crippen LogP contribution in [0.5, 0.6) is 0 Å². The van der Waals surface area contributed by atoms with E-state index in [0.717, 1.165) is 5.76 Å². The molecule has 1 aliphatic rings. The van der Waals surface area contributed by atoms with Gasteiger partial charge in [0.25, 0.3) is 0 Å². The SMILES string of the molecule is CC1(c2ccc(Cn3ccc(N)n3)o2)OC=CO1. The van der Waals surface area contributed by atoms with Gasteiger partial charge in [0.05, 0.1) is 6.54 Å². The van der Waals surface area contributed by atoms with Crippen molar-refractivity contribution in [2.24, 2.45) is 0 Å². The minimum Gasteiger partial charge on any atom is -0.456 e. The first-order valence-corrected chi connectivity index (χ1v) is 5.54. The van der Waals surface area contributed by atoms with E-state index >= 15 is 0 Å². The molecule has 2 aromatic heterocycles. The molecule has 0 radical (unpaired) electrons. The maximum absolute atomic E-state index is 5.69. The fraction of sp³-hybridized carbons (Fsp3) is 0.250. The molecule has 2 aromatic rings. The average Bonchev–Trinajstić information content (AvgIpc) is 3.02. The van der Waals surface area contributed by atoms with Gasteiger partial charge >= 0.3 is 5.79 Å². The molecule has 6 heteroatoms. The molecule has 0 fully saturated rings. The van der Waals surface area contributed by atoms with Crippen LogP contribution in [-0.2, 0) is 21.8 Å². The van der Waals surface area contributed by atoms with E-state index in [-0.39, 0.29) is 0 Å². The molecule has 0 saturated carbocycles. The van der Waals surface area contributed by atoms with Crippen LogP contribution in [0.1, 0.15) is 18.4 Å². The summed E-state index contributed by atoms with van der Waals surface area (Å²) in [6, 6.07) is 5.43. The van der Waals surface area contributed by atoms with Gasteiger partial charge in [-0.15, -0.1) is 0 Å². The van der Waals surface area contributed by atoms with Gasteiger partial charge in [-0.1, -0.05) is 0 Å². The molecule has 3 rings (SSSR count). The topological polar surface area (TPSA) is 75.4 Å². The van der Waals surface area contributed by atoms with Crippen LogP contribution in [0.2, 0.25) is 0 Å². The Kier molecular flexibility index (Phi) is 2.29. The molecule has 0 amide bonds. The number of nitrogens with two attached hydrogens (primary N) is 1. The van der Waals surface area contributed by atoms with Crippen molar-refractivity contribution in [3.8, 4) is 0 Å². The van der Waals surface area contributed by atoms with E-state index in [1.807, 2.05) is 12.1 Å². The Morgan fingerprint density at radius 3 is 2.72 bits per heavy atom. The zero-order valence-electron chi connectivity index (χ0n) is 9.87. The van der Waals surface area contributed by atoms with Crippen LogP contribution < -0.4 is 5.73 Å². The van der Waals surface area contributed by atoms with Crippen molar-refractivity contribution in [3.05, 3.63) is 48.4 Å². The van der Waals surface area contributed by atoms with Gasteiger partial charge in [-0.25, -0.2) is 0 Å². The van der Waals surface area contributed by atoms with Gasteiger partial charge in [-0.2, -0.15) is 5.10 Å². The van der Waals surface area contributed by atoms with E-state index in [1.54, 1.807) is 23.9 Å². The largest absolute Gasteiger partial charge is 0.456 e. The van der Waals surface area contributed by atoms with Crippen LogP contribution in [0.4, 0.5) is 5.82 Å². The van der Waals surface area contributed by atoms with Crippen LogP contribution in [-0.4, -0.2) is 9.78 Å². The average molecular weight is 247 g/mol. The first-order chi connectivity index (χ1) is 8.66. The standard InChI is InChI=1S/C12H13N3O3/c1-12(16-6-7-17-12)10-3-2-9(18-10)8-15-5-4-11(13)14-15/h2-7H,8H2,1H3,(H2,13,14). The lowest BCUT2D eigenvalue weighted by Gasteiger charge is -2.19. The summed E-state index contributed by atoms with van der Waals surface area (Å²) in [5.41, 5.74) is 5.55. The molecule has 2 N–H and O–H groups in total. The maximum atomic E-state index is 5.69. The fourth-order valence-corrected chi connectivity index (χ4v) is 1.79. The molecule has 0 saturated heterocycles. The van der Waals surface area contributed by atoms with Crippen molar-refractivity contribution in [2.45, 2.75) is 19.3 Å². The van der Waals surface area contributed by atoms with E-state index < -0.39 is 5.79 Å². The van der Waals surface area contributed by atoms with Crippen LogP contribution in [0.25, 0.3) is 0 Å². The minimum atomic E-state index is -0.874. The lowest BCUT2D eigenvalue weighted by Crippen LogP contribution is -2.21. The summed E-state index contributed by atoms with van der Waals surface area (Å²) in [4.78, 5) is 0. The van der Waals surface area contributed by atoms with Crippen molar-refractivity contribution in [3.63, 3.8) is 0 Å². The van der Waals surface area contributed by atoms with Crippen molar-refractivity contribution in [1.29, 1.82) is 0 Å². The lowest BCUT2D eigenvalue weighted by molar-refractivity contribution is -0.147. The summed E-state index contributed by atoms with van der Waals surface area (Å²) >= 11 is 0. The normalized spacial score (nSPS) is 16.5. The molecular weight excluding hydrogens is 234 g/mol. The number of rotatable bonds is 3. The molecule has 18 heavy (non-hydrogen) atoms. The van der Waals surface area contributed by atoms with Crippen molar-refractivity contribution < 1.29 is 13.9 Å².